The van der Waals surface area contributed by atoms with E-state index in [0.29, 0.717) is 12.2 Å². The normalized spacial score (nSPS) is 10.2. The first-order valence-electron chi connectivity index (χ1n) is 4.61. The molecule has 0 amide bonds. The molecule has 0 saturated heterocycles. The van der Waals surface area contributed by atoms with E-state index in [1.807, 2.05) is 13.0 Å². The molecule has 5 nitrogen and oxygen atoms in total. The maximum absolute atomic E-state index is 5.66. The van der Waals surface area contributed by atoms with Crippen molar-refractivity contribution in [2.24, 2.45) is 0 Å². The second-order valence-corrected chi connectivity index (χ2v) is 3.27. The van der Waals surface area contributed by atoms with Crippen LogP contribution in [0.2, 0.25) is 0 Å². The Morgan fingerprint density at radius 1 is 1.53 bits per heavy atom. The third-order valence-corrected chi connectivity index (χ3v) is 2.09. The fourth-order valence-corrected chi connectivity index (χ4v) is 1.17. The van der Waals surface area contributed by atoms with Gasteiger partial charge in [-0.1, -0.05) is 5.16 Å². The van der Waals surface area contributed by atoms with Gasteiger partial charge < -0.3 is 15.6 Å². The Hall–Kier alpha value is -2.04. The van der Waals surface area contributed by atoms with Gasteiger partial charge in [0.1, 0.15) is 17.8 Å². The third-order valence-electron chi connectivity index (χ3n) is 2.09. The number of pyridine rings is 1. The SMILES string of the molecule is Cc1cc(NCc2ccon2)ncc1N. The van der Waals surface area contributed by atoms with Crippen LogP contribution >= 0.6 is 0 Å². The molecule has 0 aliphatic rings. The van der Waals surface area contributed by atoms with Crippen LogP contribution < -0.4 is 11.1 Å². The summed E-state index contributed by atoms with van der Waals surface area (Å²) in [5, 5.41) is 6.91. The second-order valence-electron chi connectivity index (χ2n) is 3.27. The van der Waals surface area contributed by atoms with Crippen LogP contribution in [0.4, 0.5) is 11.5 Å². The van der Waals surface area contributed by atoms with Crippen molar-refractivity contribution in [3.05, 3.63) is 35.9 Å². The molecular formula is C10H12N4O. The van der Waals surface area contributed by atoms with Crippen LogP contribution in [0.15, 0.2) is 29.1 Å². The highest BCUT2D eigenvalue weighted by Crippen LogP contribution is 2.13. The van der Waals surface area contributed by atoms with E-state index in [9.17, 15) is 0 Å². The Morgan fingerprint density at radius 3 is 3.07 bits per heavy atom. The van der Waals surface area contributed by atoms with Gasteiger partial charge in [0.2, 0.25) is 0 Å². The molecule has 0 aromatic carbocycles. The topological polar surface area (TPSA) is 77.0 Å². The van der Waals surface area contributed by atoms with Crippen LogP contribution in [0.1, 0.15) is 11.3 Å². The van der Waals surface area contributed by atoms with E-state index in [0.717, 1.165) is 17.1 Å². The summed E-state index contributed by atoms with van der Waals surface area (Å²) in [6.07, 6.45) is 3.18. The van der Waals surface area contributed by atoms with Crippen molar-refractivity contribution >= 4 is 11.5 Å². The van der Waals surface area contributed by atoms with Gasteiger partial charge in [-0.15, -0.1) is 0 Å². The zero-order valence-electron chi connectivity index (χ0n) is 8.40. The number of hydrogen-bond donors (Lipinski definition) is 2. The van der Waals surface area contributed by atoms with E-state index in [1.165, 1.54) is 0 Å². The van der Waals surface area contributed by atoms with Gasteiger partial charge in [-0.25, -0.2) is 4.98 Å². The average molecular weight is 204 g/mol. The van der Waals surface area contributed by atoms with E-state index in [2.05, 4.69) is 15.5 Å². The standard InChI is InChI=1S/C10H12N4O/c1-7-4-10(13-6-9(7)11)12-5-8-2-3-15-14-8/h2-4,6H,5,11H2,1H3,(H,12,13). The van der Waals surface area contributed by atoms with Gasteiger partial charge in [0.15, 0.2) is 0 Å². The minimum Gasteiger partial charge on any atom is -0.397 e. The first kappa shape index (κ1) is 9.51. The maximum Gasteiger partial charge on any atom is 0.126 e. The van der Waals surface area contributed by atoms with Gasteiger partial charge >= 0.3 is 0 Å². The first-order chi connectivity index (χ1) is 7.25. The minimum atomic E-state index is 0.590. The summed E-state index contributed by atoms with van der Waals surface area (Å²) in [5.41, 5.74) is 8.20. The molecule has 0 radical (unpaired) electrons. The highest BCUT2D eigenvalue weighted by atomic mass is 16.5. The molecule has 3 N–H and O–H groups in total. The monoisotopic (exact) mass is 204 g/mol. The molecule has 0 fully saturated rings. The lowest BCUT2D eigenvalue weighted by atomic mass is 10.2. The lowest BCUT2D eigenvalue weighted by Crippen LogP contribution is -2.02. The third kappa shape index (κ3) is 2.25. The van der Waals surface area contributed by atoms with Crippen LogP contribution in [0.5, 0.6) is 0 Å². The molecule has 2 rings (SSSR count). The molecule has 0 aliphatic heterocycles. The van der Waals surface area contributed by atoms with Crippen molar-refractivity contribution in [3.8, 4) is 0 Å². The molecule has 2 aromatic rings. The van der Waals surface area contributed by atoms with E-state index >= 15 is 0 Å². The molecule has 0 atom stereocenters. The lowest BCUT2D eigenvalue weighted by molar-refractivity contribution is 0.412. The summed E-state index contributed by atoms with van der Waals surface area (Å²) in [4.78, 5) is 4.14. The molecule has 5 heteroatoms. The second kappa shape index (κ2) is 4.00. The number of rotatable bonds is 3. The summed E-state index contributed by atoms with van der Waals surface area (Å²) < 4.78 is 4.72. The summed E-state index contributed by atoms with van der Waals surface area (Å²) in [6.45, 7) is 2.53. The van der Waals surface area contributed by atoms with E-state index < -0.39 is 0 Å². The van der Waals surface area contributed by atoms with Crippen molar-refractivity contribution in [2.75, 3.05) is 11.1 Å². The van der Waals surface area contributed by atoms with E-state index in [1.54, 1.807) is 18.5 Å². The molecule has 0 aliphatic carbocycles. The Balaban J connectivity index is 2.02. The number of nitrogens with two attached hydrogens (primary N) is 1. The van der Waals surface area contributed by atoms with Crippen molar-refractivity contribution in [1.29, 1.82) is 0 Å². The maximum atomic E-state index is 5.66. The van der Waals surface area contributed by atoms with Crippen LogP contribution in [0.3, 0.4) is 0 Å². The predicted octanol–water partition coefficient (Wildman–Crippen LogP) is 1.57. The zero-order chi connectivity index (χ0) is 10.7. The Morgan fingerprint density at radius 2 is 2.40 bits per heavy atom. The van der Waals surface area contributed by atoms with Crippen LogP contribution in [-0.2, 0) is 6.54 Å². The van der Waals surface area contributed by atoms with Crippen molar-refractivity contribution in [2.45, 2.75) is 13.5 Å². The van der Waals surface area contributed by atoms with Crippen molar-refractivity contribution < 1.29 is 4.52 Å². The summed E-state index contributed by atoms with van der Waals surface area (Å²) in [7, 11) is 0. The molecular weight excluding hydrogens is 192 g/mol. The fraction of sp³-hybridized carbons (Fsp3) is 0.200. The minimum absolute atomic E-state index is 0.590. The molecule has 0 spiro atoms. The number of nitrogens with zero attached hydrogens (tertiary/aromatic N) is 2. The highest BCUT2D eigenvalue weighted by molar-refractivity contribution is 5.50. The molecule has 2 aromatic heterocycles. The summed E-state index contributed by atoms with van der Waals surface area (Å²) >= 11 is 0. The van der Waals surface area contributed by atoms with Crippen LogP contribution in [0, 0.1) is 6.92 Å². The molecule has 15 heavy (non-hydrogen) atoms. The average Bonchev–Trinajstić information content (AvgIpc) is 2.73. The van der Waals surface area contributed by atoms with Gasteiger partial charge in [0, 0.05) is 6.07 Å². The van der Waals surface area contributed by atoms with Crippen LogP contribution in [-0.4, -0.2) is 10.1 Å². The fourth-order valence-electron chi connectivity index (χ4n) is 1.17. The first-order valence-corrected chi connectivity index (χ1v) is 4.61. The quantitative estimate of drug-likeness (QED) is 0.793. The Kier molecular flexibility index (Phi) is 2.53. The van der Waals surface area contributed by atoms with E-state index in [4.69, 9.17) is 10.3 Å². The number of aromatic nitrogens is 2. The van der Waals surface area contributed by atoms with Gasteiger partial charge in [-0.2, -0.15) is 0 Å². The summed E-state index contributed by atoms with van der Waals surface area (Å²) in [5.74, 6) is 0.782. The number of nitrogen functional groups attached to an aromatic ring is 1. The highest BCUT2D eigenvalue weighted by Gasteiger charge is 1.99. The number of hydrogen-bond acceptors (Lipinski definition) is 5. The van der Waals surface area contributed by atoms with Gasteiger partial charge in [-0.3, -0.25) is 0 Å². The smallest absolute Gasteiger partial charge is 0.126 e. The number of aryl methyl sites for hydroxylation is 1. The van der Waals surface area contributed by atoms with Gasteiger partial charge in [-0.05, 0) is 18.6 Å². The van der Waals surface area contributed by atoms with Crippen molar-refractivity contribution in [3.63, 3.8) is 0 Å². The van der Waals surface area contributed by atoms with Crippen molar-refractivity contribution in [1.82, 2.24) is 10.1 Å². The largest absolute Gasteiger partial charge is 0.397 e. The van der Waals surface area contributed by atoms with Gasteiger partial charge in [0.05, 0.1) is 18.4 Å². The molecule has 78 valence electrons. The predicted molar refractivity (Wildman–Crippen MR) is 57.2 cm³/mol. The summed E-state index contributed by atoms with van der Waals surface area (Å²) in [6, 6.07) is 3.70. The van der Waals surface area contributed by atoms with Gasteiger partial charge in [0.25, 0.3) is 0 Å². The number of anilines is 2. The van der Waals surface area contributed by atoms with Crippen LogP contribution in [0.25, 0.3) is 0 Å². The van der Waals surface area contributed by atoms with E-state index in [-0.39, 0.29) is 0 Å². The molecule has 0 bridgehead atoms. The zero-order valence-corrected chi connectivity index (χ0v) is 8.40. The molecule has 0 unspecified atom stereocenters. The molecule has 2 heterocycles. The number of nitrogens with one attached hydrogen (secondary N) is 1. The Labute approximate surface area is 87.3 Å². The molecule has 0 saturated carbocycles. The lowest BCUT2D eigenvalue weighted by Gasteiger charge is -2.05. The Bertz CT molecular complexity index is 439.